The van der Waals surface area contributed by atoms with Gasteiger partial charge < -0.3 is 0 Å². The molecule has 3 aromatic heterocycles. The first-order valence-corrected chi connectivity index (χ1v) is 6.20. The van der Waals surface area contributed by atoms with Crippen LogP contribution in [0, 0.1) is 0 Å². The molecule has 0 amide bonds. The highest BCUT2D eigenvalue weighted by atomic mass is 32.1. The Labute approximate surface area is 102 Å². The Morgan fingerprint density at radius 2 is 2.18 bits per heavy atom. The first-order chi connectivity index (χ1) is 8.25. The first-order valence-electron chi connectivity index (χ1n) is 5.38. The standard InChI is InChI=1S/C11H11N5S/c1-7(2)10-15-16-9(13-14-11(16)17-10)8-4-3-5-12-6-8/h3-7H,1-2H3. The monoisotopic (exact) mass is 245 g/mol. The van der Waals surface area contributed by atoms with Gasteiger partial charge in [-0.05, 0) is 12.1 Å². The van der Waals surface area contributed by atoms with Crippen LogP contribution in [0.3, 0.4) is 0 Å². The molecule has 86 valence electrons. The van der Waals surface area contributed by atoms with Crippen LogP contribution in [0.1, 0.15) is 24.8 Å². The third-order valence-corrected chi connectivity index (χ3v) is 3.62. The van der Waals surface area contributed by atoms with E-state index < -0.39 is 0 Å². The van der Waals surface area contributed by atoms with E-state index in [1.165, 1.54) is 0 Å². The third kappa shape index (κ3) is 1.70. The van der Waals surface area contributed by atoms with Crippen molar-refractivity contribution in [2.75, 3.05) is 0 Å². The summed E-state index contributed by atoms with van der Waals surface area (Å²) in [7, 11) is 0. The molecule has 0 aliphatic carbocycles. The largest absolute Gasteiger partial charge is 0.264 e. The average Bonchev–Trinajstić information content (AvgIpc) is 2.89. The van der Waals surface area contributed by atoms with Crippen LogP contribution >= 0.6 is 11.3 Å². The van der Waals surface area contributed by atoms with Crippen LogP contribution in [-0.2, 0) is 0 Å². The van der Waals surface area contributed by atoms with E-state index in [0.29, 0.717) is 5.92 Å². The number of aromatic nitrogens is 5. The quantitative estimate of drug-likeness (QED) is 0.695. The fourth-order valence-corrected chi connectivity index (χ4v) is 2.38. The van der Waals surface area contributed by atoms with Gasteiger partial charge in [0.15, 0.2) is 5.82 Å². The summed E-state index contributed by atoms with van der Waals surface area (Å²) in [6.07, 6.45) is 3.51. The molecule has 0 saturated carbocycles. The number of hydrogen-bond donors (Lipinski definition) is 0. The highest BCUT2D eigenvalue weighted by Gasteiger charge is 2.14. The summed E-state index contributed by atoms with van der Waals surface area (Å²) in [5.74, 6) is 1.15. The van der Waals surface area contributed by atoms with Gasteiger partial charge in [0.05, 0.1) is 0 Å². The number of pyridine rings is 1. The topological polar surface area (TPSA) is 56.0 Å². The highest BCUT2D eigenvalue weighted by Crippen LogP contribution is 2.24. The second-order valence-corrected chi connectivity index (χ2v) is 5.04. The first kappa shape index (κ1) is 10.3. The molecule has 3 rings (SSSR count). The lowest BCUT2D eigenvalue weighted by Gasteiger charge is -1.96. The lowest BCUT2D eigenvalue weighted by molar-refractivity contribution is 0.802. The van der Waals surface area contributed by atoms with Crippen molar-refractivity contribution < 1.29 is 0 Å². The molecule has 0 radical (unpaired) electrons. The normalized spacial score (nSPS) is 11.5. The minimum absolute atomic E-state index is 0.406. The van der Waals surface area contributed by atoms with Crippen molar-refractivity contribution in [3.8, 4) is 11.4 Å². The maximum Gasteiger partial charge on any atom is 0.234 e. The van der Waals surface area contributed by atoms with E-state index in [0.717, 1.165) is 21.4 Å². The highest BCUT2D eigenvalue weighted by molar-refractivity contribution is 7.16. The van der Waals surface area contributed by atoms with Gasteiger partial charge >= 0.3 is 0 Å². The van der Waals surface area contributed by atoms with E-state index in [4.69, 9.17) is 0 Å². The number of fused-ring (bicyclic) bond motifs is 1. The van der Waals surface area contributed by atoms with Gasteiger partial charge in [0, 0.05) is 23.9 Å². The molecule has 0 unspecified atom stereocenters. The Balaban J connectivity index is 2.18. The third-order valence-electron chi connectivity index (χ3n) is 2.42. The number of rotatable bonds is 2. The zero-order chi connectivity index (χ0) is 11.8. The van der Waals surface area contributed by atoms with E-state index in [9.17, 15) is 0 Å². The zero-order valence-corrected chi connectivity index (χ0v) is 10.3. The van der Waals surface area contributed by atoms with Crippen LogP contribution in [0.15, 0.2) is 24.5 Å². The maximum absolute atomic E-state index is 4.53. The second-order valence-electron chi connectivity index (χ2n) is 4.05. The summed E-state index contributed by atoms with van der Waals surface area (Å²) in [5, 5.41) is 13.9. The zero-order valence-electron chi connectivity index (χ0n) is 9.53. The van der Waals surface area contributed by atoms with Crippen molar-refractivity contribution in [1.29, 1.82) is 0 Å². The molecule has 3 aromatic rings. The van der Waals surface area contributed by atoms with Crippen molar-refractivity contribution in [2.24, 2.45) is 0 Å². The van der Waals surface area contributed by atoms with Crippen molar-refractivity contribution in [3.63, 3.8) is 0 Å². The summed E-state index contributed by atoms with van der Waals surface area (Å²) < 4.78 is 1.79. The average molecular weight is 245 g/mol. The molecule has 0 N–H and O–H groups in total. The Kier molecular flexibility index (Phi) is 2.36. The summed E-state index contributed by atoms with van der Waals surface area (Å²) in [4.78, 5) is 4.91. The molecule has 6 heteroatoms. The second kappa shape index (κ2) is 3.89. The van der Waals surface area contributed by atoms with Gasteiger partial charge in [-0.2, -0.15) is 9.61 Å². The van der Waals surface area contributed by atoms with Crippen LogP contribution in [0.5, 0.6) is 0 Å². The van der Waals surface area contributed by atoms with Crippen molar-refractivity contribution >= 4 is 16.3 Å². The summed E-state index contributed by atoms with van der Waals surface area (Å²) in [6, 6.07) is 3.84. The Hall–Kier alpha value is -1.82. The summed E-state index contributed by atoms with van der Waals surface area (Å²) >= 11 is 1.58. The Bertz CT molecular complexity index is 640. The molecule has 5 nitrogen and oxygen atoms in total. The Morgan fingerprint density at radius 3 is 2.88 bits per heavy atom. The van der Waals surface area contributed by atoms with Gasteiger partial charge in [-0.15, -0.1) is 10.2 Å². The van der Waals surface area contributed by atoms with Gasteiger partial charge in [-0.25, -0.2) is 0 Å². The fourth-order valence-electron chi connectivity index (χ4n) is 1.54. The lowest BCUT2D eigenvalue weighted by atomic mass is 10.2. The number of nitrogens with zero attached hydrogens (tertiary/aromatic N) is 5. The molecule has 17 heavy (non-hydrogen) atoms. The molecule has 0 aliphatic heterocycles. The van der Waals surface area contributed by atoms with E-state index in [1.54, 1.807) is 28.2 Å². The van der Waals surface area contributed by atoms with E-state index in [-0.39, 0.29) is 0 Å². The van der Waals surface area contributed by atoms with Crippen LogP contribution in [0.4, 0.5) is 0 Å². The minimum atomic E-state index is 0.406. The molecule has 0 bridgehead atoms. The van der Waals surface area contributed by atoms with Gasteiger partial charge in [-0.1, -0.05) is 25.2 Å². The Morgan fingerprint density at radius 1 is 1.29 bits per heavy atom. The predicted octanol–water partition coefficient (Wildman–Crippen LogP) is 2.37. The van der Waals surface area contributed by atoms with Gasteiger partial charge in [0.1, 0.15) is 5.01 Å². The molecule has 3 heterocycles. The summed E-state index contributed by atoms with van der Waals surface area (Å²) in [5.41, 5.74) is 0.931. The van der Waals surface area contributed by atoms with Crippen LogP contribution in [0.2, 0.25) is 0 Å². The van der Waals surface area contributed by atoms with Crippen LogP contribution in [-0.4, -0.2) is 24.8 Å². The minimum Gasteiger partial charge on any atom is -0.264 e. The molecule has 0 aliphatic rings. The van der Waals surface area contributed by atoms with Crippen molar-refractivity contribution in [1.82, 2.24) is 24.8 Å². The smallest absolute Gasteiger partial charge is 0.234 e. The van der Waals surface area contributed by atoms with Crippen LogP contribution < -0.4 is 0 Å². The van der Waals surface area contributed by atoms with Gasteiger partial charge in [0.2, 0.25) is 4.96 Å². The van der Waals surface area contributed by atoms with E-state index in [1.807, 2.05) is 12.1 Å². The van der Waals surface area contributed by atoms with Crippen molar-refractivity contribution in [3.05, 3.63) is 29.5 Å². The predicted molar refractivity (Wildman–Crippen MR) is 66.0 cm³/mol. The molecular weight excluding hydrogens is 234 g/mol. The van der Waals surface area contributed by atoms with E-state index in [2.05, 4.69) is 34.1 Å². The van der Waals surface area contributed by atoms with E-state index >= 15 is 0 Å². The fraction of sp³-hybridized carbons (Fsp3) is 0.273. The molecular formula is C11H11N5S. The lowest BCUT2D eigenvalue weighted by Crippen LogP contribution is -1.93. The number of hydrogen-bond acceptors (Lipinski definition) is 5. The van der Waals surface area contributed by atoms with Crippen LogP contribution in [0.25, 0.3) is 16.3 Å². The molecule has 0 saturated heterocycles. The SMILES string of the molecule is CC(C)c1nn2c(-c3cccnc3)nnc2s1. The molecule has 0 spiro atoms. The van der Waals surface area contributed by atoms with Gasteiger partial charge in [0.25, 0.3) is 0 Å². The molecule has 0 aromatic carbocycles. The molecule has 0 atom stereocenters. The summed E-state index contributed by atoms with van der Waals surface area (Å²) in [6.45, 7) is 4.24. The molecule has 0 fully saturated rings. The maximum atomic E-state index is 4.53. The van der Waals surface area contributed by atoms with Gasteiger partial charge in [-0.3, -0.25) is 4.98 Å². The van der Waals surface area contributed by atoms with Crippen molar-refractivity contribution in [2.45, 2.75) is 19.8 Å².